The summed E-state index contributed by atoms with van der Waals surface area (Å²) in [5.74, 6) is 0.473. The maximum atomic E-state index is 12.2. The summed E-state index contributed by atoms with van der Waals surface area (Å²) in [6.45, 7) is 0.318. The van der Waals surface area contributed by atoms with Gasteiger partial charge < -0.3 is 5.32 Å². The molecule has 0 radical (unpaired) electrons. The van der Waals surface area contributed by atoms with E-state index in [4.69, 9.17) is 23.2 Å². The van der Waals surface area contributed by atoms with Gasteiger partial charge in [-0.1, -0.05) is 29.3 Å². The minimum atomic E-state index is -0.222. The Labute approximate surface area is 142 Å². The Kier molecular flexibility index (Phi) is 4.60. The predicted molar refractivity (Wildman–Crippen MR) is 89.0 cm³/mol. The van der Waals surface area contributed by atoms with Crippen molar-refractivity contribution >= 4 is 29.1 Å². The maximum Gasteiger partial charge on any atom is 0.253 e. The molecule has 0 aliphatic carbocycles. The molecule has 116 valence electrons. The molecule has 23 heavy (non-hydrogen) atoms. The predicted octanol–water partition coefficient (Wildman–Crippen LogP) is 3.50. The molecule has 0 saturated heterocycles. The first kappa shape index (κ1) is 15.5. The van der Waals surface area contributed by atoms with Gasteiger partial charge in [0.2, 0.25) is 0 Å². The smallest absolute Gasteiger partial charge is 0.253 e. The zero-order valence-corrected chi connectivity index (χ0v) is 13.4. The number of nitrogens with zero attached hydrogens (tertiary/aromatic N) is 3. The van der Waals surface area contributed by atoms with Crippen molar-refractivity contribution in [3.8, 4) is 5.82 Å². The van der Waals surface area contributed by atoms with Crippen LogP contribution >= 0.6 is 23.2 Å². The monoisotopic (exact) mass is 346 g/mol. The quantitative estimate of drug-likeness (QED) is 0.786. The second-order valence-electron chi connectivity index (χ2n) is 4.79. The zero-order chi connectivity index (χ0) is 16.2. The largest absolute Gasteiger partial charge is 0.348 e. The molecular formula is C16H12Cl2N4O. The number of hydrogen-bond donors (Lipinski definition) is 1. The van der Waals surface area contributed by atoms with Crippen molar-refractivity contribution in [2.75, 3.05) is 0 Å². The molecule has 0 fully saturated rings. The lowest BCUT2D eigenvalue weighted by Crippen LogP contribution is -2.23. The minimum absolute atomic E-state index is 0.222. The molecule has 0 unspecified atom stereocenters. The molecule has 7 heteroatoms. The summed E-state index contributed by atoms with van der Waals surface area (Å²) in [7, 11) is 0. The molecule has 0 spiro atoms. The molecular weight excluding hydrogens is 335 g/mol. The highest BCUT2D eigenvalue weighted by Gasteiger charge is 2.08. The fraction of sp³-hybridized carbons (Fsp3) is 0.0625. The molecule has 0 aliphatic rings. The number of carbonyl (C=O) groups is 1. The highest BCUT2D eigenvalue weighted by molar-refractivity contribution is 6.35. The Bertz CT molecular complexity index is 817. The molecule has 2 aromatic heterocycles. The van der Waals surface area contributed by atoms with E-state index in [1.165, 1.54) is 6.20 Å². The summed E-state index contributed by atoms with van der Waals surface area (Å²) in [5, 5.41) is 3.88. The summed E-state index contributed by atoms with van der Waals surface area (Å²) >= 11 is 11.9. The van der Waals surface area contributed by atoms with Gasteiger partial charge in [0, 0.05) is 35.2 Å². The molecule has 1 aromatic carbocycles. The number of carbonyl (C=O) groups excluding carboxylic acids is 1. The van der Waals surface area contributed by atoms with E-state index in [0.29, 0.717) is 28.0 Å². The van der Waals surface area contributed by atoms with E-state index in [1.807, 2.05) is 0 Å². The Morgan fingerprint density at radius 2 is 2.09 bits per heavy atom. The van der Waals surface area contributed by atoms with Crippen LogP contribution < -0.4 is 5.32 Å². The van der Waals surface area contributed by atoms with Crippen molar-refractivity contribution in [2.45, 2.75) is 6.54 Å². The van der Waals surface area contributed by atoms with Crippen molar-refractivity contribution in [1.82, 2.24) is 19.9 Å². The van der Waals surface area contributed by atoms with E-state index in [1.54, 1.807) is 53.6 Å². The molecule has 1 amide bonds. The SMILES string of the molecule is O=C(NCc1ccc(Cl)cc1Cl)c1ccc(-n2ccnc2)nc1. The van der Waals surface area contributed by atoms with Gasteiger partial charge >= 0.3 is 0 Å². The number of pyridine rings is 1. The average Bonchev–Trinajstić information content (AvgIpc) is 3.08. The van der Waals surface area contributed by atoms with Gasteiger partial charge in [-0.15, -0.1) is 0 Å². The maximum absolute atomic E-state index is 12.2. The summed E-state index contributed by atoms with van der Waals surface area (Å²) in [6.07, 6.45) is 6.61. The topological polar surface area (TPSA) is 59.8 Å². The van der Waals surface area contributed by atoms with Crippen molar-refractivity contribution in [3.63, 3.8) is 0 Å². The van der Waals surface area contributed by atoms with Crippen LogP contribution in [0.4, 0.5) is 0 Å². The summed E-state index contributed by atoms with van der Waals surface area (Å²) < 4.78 is 1.76. The number of benzene rings is 1. The second kappa shape index (κ2) is 6.81. The first-order valence-corrected chi connectivity index (χ1v) is 7.55. The van der Waals surface area contributed by atoms with Crippen LogP contribution in [0, 0.1) is 0 Å². The van der Waals surface area contributed by atoms with Crippen molar-refractivity contribution in [2.24, 2.45) is 0 Å². The molecule has 2 heterocycles. The second-order valence-corrected chi connectivity index (χ2v) is 5.64. The third kappa shape index (κ3) is 3.70. The van der Waals surface area contributed by atoms with Gasteiger partial charge in [-0.2, -0.15) is 0 Å². The molecule has 0 bridgehead atoms. The fourth-order valence-corrected chi connectivity index (χ4v) is 2.49. The van der Waals surface area contributed by atoms with Gasteiger partial charge in [0.1, 0.15) is 12.1 Å². The van der Waals surface area contributed by atoms with Gasteiger partial charge in [0.15, 0.2) is 0 Å². The van der Waals surface area contributed by atoms with Gasteiger partial charge in [-0.25, -0.2) is 9.97 Å². The van der Waals surface area contributed by atoms with Gasteiger partial charge in [-0.3, -0.25) is 9.36 Å². The van der Waals surface area contributed by atoms with Gasteiger partial charge in [-0.05, 0) is 29.8 Å². The molecule has 0 saturated carbocycles. The van der Waals surface area contributed by atoms with Crippen molar-refractivity contribution in [1.29, 1.82) is 0 Å². The molecule has 3 aromatic rings. The van der Waals surface area contributed by atoms with Crippen LogP contribution in [0.25, 0.3) is 5.82 Å². The number of amides is 1. The lowest BCUT2D eigenvalue weighted by molar-refractivity contribution is 0.0950. The summed E-state index contributed by atoms with van der Waals surface area (Å²) in [6, 6.07) is 8.63. The third-order valence-electron chi connectivity index (χ3n) is 3.23. The lowest BCUT2D eigenvalue weighted by Gasteiger charge is -2.08. The van der Waals surface area contributed by atoms with Crippen LogP contribution in [-0.2, 0) is 6.54 Å². The molecule has 1 N–H and O–H groups in total. The zero-order valence-electron chi connectivity index (χ0n) is 11.9. The Morgan fingerprint density at radius 1 is 1.22 bits per heavy atom. The average molecular weight is 347 g/mol. The third-order valence-corrected chi connectivity index (χ3v) is 3.82. The van der Waals surface area contributed by atoms with Crippen molar-refractivity contribution in [3.05, 3.63) is 76.4 Å². The van der Waals surface area contributed by atoms with Crippen LogP contribution in [0.1, 0.15) is 15.9 Å². The molecule has 0 atom stereocenters. The molecule has 5 nitrogen and oxygen atoms in total. The minimum Gasteiger partial charge on any atom is -0.348 e. The fourth-order valence-electron chi connectivity index (χ4n) is 2.01. The highest BCUT2D eigenvalue weighted by Crippen LogP contribution is 2.20. The van der Waals surface area contributed by atoms with E-state index >= 15 is 0 Å². The number of rotatable bonds is 4. The number of nitrogens with one attached hydrogen (secondary N) is 1. The number of imidazole rings is 1. The van der Waals surface area contributed by atoms with E-state index in [9.17, 15) is 4.79 Å². The first-order valence-electron chi connectivity index (χ1n) is 6.80. The summed E-state index contributed by atoms with van der Waals surface area (Å²) in [5.41, 5.74) is 1.27. The Morgan fingerprint density at radius 3 is 2.74 bits per heavy atom. The van der Waals surface area contributed by atoms with Crippen LogP contribution in [0.2, 0.25) is 10.0 Å². The summed E-state index contributed by atoms with van der Waals surface area (Å²) in [4.78, 5) is 20.4. The Hall–Kier alpha value is -2.37. The van der Waals surface area contributed by atoms with Crippen LogP contribution in [0.5, 0.6) is 0 Å². The van der Waals surface area contributed by atoms with Crippen molar-refractivity contribution < 1.29 is 4.79 Å². The van der Waals surface area contributed by atoms with E-state index in [2.05, 4.69) is 15.3 Å². The molecule has 0 aliphatic heterocycles. The Balaban J connectivity index is 1.66. The van der Waals surface area contributed by atoms with E-state index < -0.39 is 0 Å². The van der Waals surface area contributed by atoms with Crippen LogP contribution in [0.3, 0.4) is 0 Å². The normalized spacial score (nSPS) is 10.5. The van der Waals surface area contributed by atoms with Crippen LogP contribution in [-0.4, -0.2) is 20.4 Å². The van der Waals surface area contributed by atoms with E-state index in [0.717, 1.165) is 5.56 Å². The molecule has 3 rings (SSSR count). The standard InChI is InChI=1S/C16H12Cl2N4O/c17-13-3-1-11(14(18)7-13)8-21-16(23)12-2-4-15(20-9-12)22-6-5-19-10-22/h1-7,9-10H,8H2,(H,21,23). The number of halogens is 2. The first-order chi connectivity index (χ1) is 11.1. The lowest BCUT2D eigenvalue weighted by atomic mass is 10.2. The van der Waals surface area contributed by atoms with Gasteiger partial charge in [0.05, 0.1) is 5.56 Å². The van der Waals surface area contributed by atoms with E-state index in [-0.39, 0.29) is 5.91 Å². The number of aromatic nitrogens is 3. The number of hydrogen-bond acceptors (Lipinski definition) is 3. The highest BCUT2D eigenvalue weighted by atomic mass is 35.5. The van der Waals surface area contributed by atoms with Crippen LogP contribution in [0.15, 0.2) is 55.2 Å². The van der Waals surface area contributed by atoms with Gasteiger partial charge in [0.25, 0.3) is 5.91 Å².